The number of fused-ring (bicyclic) bond motifs is 1. The van der Waals surface area contributed by atoms with Crippen molar-refractivity contribution in [3.8, 4) is 5.75 Å². The van der Waals surface area contributed by atoms with E-state index in [1.165, 1.54) is 12.8 Å². The summed E-state index contributed by atoms with van der Waals surface area (Å²) in [5.41, 5.74) is 0.681. The fourth-order valence-corrected chi connectivity index (χ4v) is 2.69. The Morgan fingerprint density at radius 1 is 1.06 bits per heavy atom. The molecule has 2 heteroatoms. The Bertz CT molecular complexity index is 568. The van der Waals surface area contributed by atoms with Crippen molar-refractivity contribution in [3.05, 3.63) is 42.0 Å². The lowest BCUT2D eigenvalue weighted by Gasteiger charge is -2.15. The first kappa shape index (κ1) is 11.3. The zero-order chi connectivity index (χ0) is 12.4. The lowest BCUT2D eigenvalue weighted by molar-refractivity contribution is 0.111. The molecule has 3 rings (SSSR count). The molecule has 1 aliphatic rings. The van der Waals surface area contributed by atoms with E-state index in [9.17, 15) is 4.79 Å². The molecule has 18 heavy (non-hydrogen) atoms. The van der Waals surface area contributed by atoms with Crippen LogP contribution in [-0.2, 0) is 0 Å². The molecule has 0 radical (unpaired) electrons. The molecule has 1 fully saturated rings. The third-order valence-electron chi connectivity index (χ3n) is 3.64. The monoisotopic (exact) mass is 240 g/mol. The zero-order valence-corrected chi connectivity index (χ0v) is 10.3. The maximum absolute atomic E-state index is 11.3. The van der Waals surface area contributed by atoms with E-state index < -0.39 is 0 Å². The molecule has 1 saturated carbocycles. The van der Waals surface area contributed by atoms with Crippen molar-refractivity contribution in [2.45, 2.75) is 31.8 Å². The van der Waals surface area contributed by atoms with Crippen molar-refractivity contribution in [3.63, 3.8) is 0 Å². The summed E-state index contributed by atoms with van der Waals surface area (Å²) in [5, 5.41) is 2.06. The number of hydrogen-bond donors (Lipinski definition) is 0. The van der Waals surface area contributed by atoms with Crippen molar-refractivity contribution in [1.82, 2.24) is 0 Å². The van der Waals surface area contributed by atoms with Gasteiger partial charge in [-0.15, -0.1) is 0 Å². The summed E-state index contributed by atoms with van der Waals surface area (Å²) in [5.74, 6) is 0.732. The quantitative estimate of drug-likeness (QED) is 0.759. The van der Waals surface area contributed by atoms with Crippen LogP contribution in [0.15, 0.2) is 36.4 Å². The van der Waals surface area contributed by atoms with Gasteiger partial charge in [0.05, 0.1) is 11.7 Å². The van der Waals surface area contributed by atoms with Gasteiger partial charge in [-0.1, -0.05) is 30.3 Å². The minimum atomic E-state index is 0.282. The molecule has 0 bridgehead atoms. The molecule has 92 valence electrons. The highest BCUT2D eigenvalue weighted by Gasteiger charge is 2.18. The molecular formula is C16H16O2. The van der Waals surface area contributed by atoms with Crippen LogP contribution < -0.4 is 4.74 Å². The number of ether oxygens (including phenoxy) is 1. The molecule has 0 saturated heterocycles. The fraction of sp³-hybridized carbons (Fsp3) is 0.312. The molecule has 0 aromatic heterocycles. The Kier molecular flexibility index (Phi) is 3.01. The molecule has 0 amide bonds. The summed E-state index contributed by atoms with van der Waals surface area (Å²) in [6.07, 6.45) is 5.86. The number of rotatable bonds is 3. The van der Waals surface area contributed by atoms with Gasteiger partial charge in [0.2, 0.25) is 0 Å². The highest BCUT2D eigenvalue weighted by atomic mass is 16.5. The number of hydrogen-bond acceptors (Lipinski definition) is 2. The Balaban J connectivity index is 2.02. The van der Waals surface area contributed by atoms with Gasteiger partial charge in [-0.05, 0) is 42.5 Å². The molecule has 0 unspecified atom stereocenters. The van der Waals surface area contributed by atoms with Gasteiger partial charge in [0.1, 0.15) is 5.75 Å². The minimum absolute atomic E-state index is 0.282. The number of benzene rings is 2. The van der Waals surface area contributed by atoms with Crippen LogP contribution in [0.5, 0.6) is 5.75 Å². The molecule has 0 aliphatic heterocycles. The van der Waals surface area contributed by atoms with Crippen LogP contribution in [0.25, 0.3) is 10.8 Å². The smallest absolute Gasteiger partial charge is 0.154 e. The third kappa shape index (κ3) is 1.99. The zero-order valence-electron chi connectivity index (χ0n) is 10.3. The van der Waals surface area contributed by atoms with E-state index in [0.717, 1.165) is 35.6 Å². The van der Waals surface area contributed by atoms with E-state index in [1.807, 2.05) is 36.4 Å². The van der Waals surface area contributed by atoms with Gasteiger partial charge < -0.3 is 4.74 Å². The second-order valence-corrected chi connectivity index (χ2v) is 4.84. The van der Waals surface area contributed by atoms with Crippen LogP contribution >= 0.6 is 0 Å². The third-order valence-corrected chi connectivity index (χ3v) is 3.64. The van der Waals surface area contributed by atoms with Crippen LogP contribution in [0.3, 0.4) is 0 Å². The van der Waals surface area contributed by atoms with E-state index in [1.54, 1.807) is 0 Å². The Morgan fingerprint density at radius 3 is 2.61 bits per heavy atom. The predicted octanol–water partition coefficient (Wildman–Crippen LogP) is 3.97. The highest BCUT2D eigenvalue weighted by Crippen LogP contribution is 2.30. The van der Waals surface area contributed by atoms with Crippen molar-refractivity contribution in [2.24, 2.45) is 0 Å². The largest absolute Gasteiger partial charge is 0.490 e. The van der Waals surface area contributed by atoms with Crippen LogP contribution in [0.2, 0.25) is 0 Å². The van der Waals surface area contributed by atoms with Crippen molar-refractivity contribution >= 4 is 17.1 Å². The van der Waals surface area contributed by atoms with Gasteiger partial charge in [0.15, 0.2) is 6.29 Å². The topological polar surface area (TPSA) is 26.3 Å². The number of aldehydes is 1. The van der Waals surface area contributed by atoms with E-state index in [-0.39, 0.29) is 6.10 Å². The molecule has 0 spiro atoms. The van der Waals surface area contributed by atoms with E-state index in [2.05, 4.69) is 0 Å². The summed E-state index contributed by atoms with van der Waals surface area (Å²) in [7, 11) is 0. The molecule has 1 aliphatic carbocycles. The molecule has 0 N–H and O–H groups in total. The SMILES string of the molecule is O=Cc1c(OC2CCCC2)ccc2ccccc12. The van der Waals surface area contributed by atoms with Crippen LogP contribution in [-0.4, -0.2) is 12.4 Å². The molecule has 2 aromatic carbocycles. The maximum atomic E-state index is 11.3. The molecular weight excluding hydrogens is 224 g/mol. The van der Waals surface area contributed by atoms with E-state index >= 15 is 0 Å². The van der Waals surface area contributed by atoms with Gasteiger partial charge in [0.25, 0.3) is 0 Å². The first-order valence-corrected chi connectivity index (χ1v) is 6.52. The Labute approximate surface area is 107 Å². The molecule has 2 aromatic rings. The van der Waals surface area contributed by atoms with Crippen LogP contribution in [0.4, 0.5) is 0 Å². The Hall–Kier alpha value is -1.83. The average molecular weight is 240 g/mol. The van der Waals surface area contributed by atoms with E-state index in [0.29, 0.717) is 5.56 Å². The molecule has 0 atom stereocenters. The summed E-state index contributed by atoms with van der Waals surface area (Å²) >= 11 is 0. The lowest BCUT2D eigenvalue weighted by Crippen LogP contribution is -2.12. The first-order valence-electron chi connectivity index (χ1n) is 6.52. The summed E-state index contributed by atoms with van der Waals surface area (Å²) < 4.78 is 5.97. The maximum Gasteiger partial charge on any atom is 0.154 e. The fourth-order valence-electron chi connectivity index (χ4n) is 2.69. The molecule has 0 heterocycles. The van der Waals surface area contributed by atoms with E-state index in [4.69, 9.17) is 4.74 Å². The summed E-state index contributed by atoms with van der Waals surface area (Å²) in [6.45, 7) is 0. The highest BCUT2D eigenvalue weighted by molar-refractivity contribution is 6.00. The first-order chi connectivity index (χ1) is 8.88. The average Bonchev–Trinajstić information content (AvgIpc) is 2.91. The number of carbonyl (C=O) groups excluding carboxylic acids is 1. The van der Waals surface area contributed by atoms with Crippen molar-refractivity contribution in [2.75, 3.05) is 0 Å². The van der Waals surface area contributed by atoms with Gasteiger partial charge in [-0.2, -0.15) is 0 Å². The summed E-state index contributed by atoms with van der Waals surface area (Å²) in [4.78, 5) is 11.3. The van der Waals surface area contributed by atoms with Crippen LogP contribution in [0.1, 0.15) is 36.0 Å². The Morgan fingerprint density at radius 2 is 1.83 bits per heavy atom. The lowest BCUT2D eigenvalue weighted by atomic mass is 10.0. The minimum Gasteiger partial charge on any atom is -0.490 e. The van der Waals surface area contributed by atoms with Gasteiger partial charge >= 0.3 is 0 Å². The number of carbonyl (C=O) groups is 1. The molecule has 2 nitrogen and oxygen atoms in total. The van der Waals surface area contributed by atoms with Gasteiger partial charge in [0, 0.05) is 0 Å². The van der Waals surface area contributed by atoms with Gasteiger partial charge in [-0.3, -0.25) is 4.79 Å². The van der Waals surface area contributed by atoms with Crippen molar-refractivity contribution in [1.29, 1.82) is 0 Å². The van der Waals surface area contributed by atoms with Crippen LogP contribution in [0, 0.1) is 0 Å². The normalized spacial score (nSPS) is 16.0. The summed E-state index contributed by atoms with van der Waals surface area (Å²) in [6, 6.07) is 11.9. The van der Waals surface area contributed by atoms with Gasteiger partial charge in [-0.25, -0.2) is 0 Å². The second-order valence-electron chi connectivity index (χ2n) is 4.84. The van der Waals surface area contributed by atoms with Crippen molar-refractivity contribution < 1.29 is 9.53 Å². The second kappa shape index (κ2) is 4.81. The predicted molar refractivity (Wildman–Crippen MR) is 72.2 cm³/mol. The standard InChI is InChI=1S/C16H16O2/c17-11-15-14-8-4-1-5-12(14)9-10-16(15)18-13-6-2-3-7-13/h1,4-5,8-11,13H,2-3,6-7H2.